The summed E-state index contributed by atoms with van der Waals surface area (Å²) in [4.78, 5) is 10.8. The highest BCUT2D eigenvalue weighted by Gasteiger charge is 2.26. The minimum atomic E-state index is 0.0533. The van der Waals surface area contributed by atoms with Crippen molar-refractivity contribution in [2.24, 2.45) is 5.92 Å². The van der Waals surface area contributed by atoms with Gasteiger partial charge in [-0.1, -0.05) is 6.92 Å². The first-order valence-corrected chi connectivity index (χ1v) is 4.94. The lowest BCUT2D eigenvalue weighted by Gasteiger charge is -2.31. The Morgan fingerprint density at radius 3 is 2.75 bits per heavy atom. The number of alkyl halides is 1. The van der Waals surface area contributed by atoms with Gasteiger partial charge in [-0.25, -0.2) is 0 Å². The van der Waals surface area contributed by atoms with E-state index in [1.807, 2.05) is 0 Å². The van der Waals surface area contributed by atoms with Gasteiger partial charge in [0.05, 0.1) is 0 Å². The second-order valence-corrected chi connectivity index (χ2v) is 4.31. The smallest absolute Gasteiger partial charge is 0.217 e. The molecule has 0 heterocycles. The van der Waals surface area contributed by atoms with Crippen molar-refractivity contribution in [1.82, 2.24) is 5.32 Å². The van der Waals surface area contributed by atoms with E-state index in [-0.39, 0.29) is 11.3 Å². The average Bonchev–Trinajstić information content (AvgIpc) is 1.96. The van der Waals surface area contributed by atoms with E-state index < -0.39 is 0 Å². The maximum absolute atomic E-state index is 10.8. The summed E-state index contributed by atoms with van der Waals surface area (Å²) in [5.74, 6) is 0.626. The zero-order valence-corrected chi connectivity index (χ0v) is 8.40. The summed E-state index contributed by atoms with van der Waals surface area (Å²) in [7, 11) is 0. The molecule has 3 atom stereocenters. The number of amides is 1. The van der Waals surface area contributed by atoms with Gasteiger partial charge in [0, 0.05) is 18.3 Å². The van der Waals surface area contributed by atoms with Gasteiger partial charge in [-0.15, -0.1) is 11.6 Å². The van der Waals surface area contributed by atoms with Crippen LogP contribution in [0.3, 0.4) is 0 Å². The van der Waals surface area contributed by atoms with E-state index in [9.17, 15) is 4.79 Å². The van der Waals surface area contributed by atoms with Crippen LogP contribution in [-0.4, -0.2) is 17.3 Å². The molecule has 2 nitrogen and oxygen atoms in total. The Labute approximate surface area is 78.7 Å². The van der Waals surface area contributed by atoms with E-state index in [1.165, 1.54) is 0 Å². The molecule has 0 aliphatic heterocycles. The van der Waals surface area contributed by atoms with Gasteiger partial charge in [0.25, 0.3) is 0 Å². The Balaban J connectivity index is 2.43. The second kappa shape index (κ2) is 4.13. The summed E-state index contributed by atoms with van der Waals surface area (Å²) in [6, 6.07) is 0.291. The molecule has 0 aromatic carbocycles. The van der Waals surface area contributed by atoms with Crippen LogP contribution in [-0.2, 0) is 4.79 Å². The molecule has 1 saturated carbocycles. The molecular weight excluding hydrogens is 174 g/mol. The number of rotatable bonds is 1. The molecule has 0 unspecified atom stereocenters. The molecule has 1 aliphatic rings. The largest absolute Gasteiger partial charge is 0.353 e. The van der Waals surface area contributed by atoms with Gasteiger partial charge >= 0.3 is 0 Å². The van der Waals surface area contributed by atoms with Crippen LogP contribution in [0, 0.1) is 5.92 Å². The lowest BCUT2D eigenvalue weighted by atomic mass is 9.85. The van der Waals surface area contributed by atoms with E-state index >= 15 is 0 Å². The Morgan fingerprint density at radius 1 is 1.50 bits per heavy atom. The highest BCUT2D eigenvalue weighted by molar-refractivity contribution is 6.20. The quantitative estimate of drug-likeness (QED) is 0.628. The maximum atomic E-state index is 10.8. The monoisotopic (exact) mass is 189 g/mol. The van der Waals surface area contributed by atoms with Crippen molar-refractivity contribution in [3.63, 3.8) is 0 Å². The highest BCUT2D eigenvalue weighted by Crippen LogP contribution is 2.27. The molecule has 1 amide bonds. The molecule has 1 rings (SSSR count). The summed E-state index contributed by atoms with van der Waals surface area (Å²) in [6.07, 6.45) is 3.13. The molecule has 0 bridgehead atoms. The van der Waals surface area contributed by atoms with Crippen LogP contribution < -0.4 is 5.32 Å². The van der Waals surface area contributed by atoms with Crippen molar-refractivity contribution in [2.45, 2.75) is 44.5 Å². The molecule has 1 aliphatic carbocycles. The van der Waals surface area contributed by atoms with Crippen LogP contribution in [0.15, 0.2) is 0 Å². The van der Waals surface area contributed by atoms with Crippen molar-refractivity contribution in [3.05, 3.63) is 0 Å². The lowest BCUT2D eigenvalue weighted by Crippen LogP contribution is -2.42. The number of nitrogens with one attached hydrogen (secondary N) is 1. The predicted molar refractivity (Wildman–Crippen MR) is 50.3 cm³/mol. The highest BCUT2D eigenvalue weighted by atomic mass is 35.5. The van der Waals surface area contributed by atoms with Crippen LogP contribution >= 0.6 is 11.6 Å². The fourth-order valence-electron chi connectivity index (χ4n) is 1.73. The summed E-state index contributed by atoms with van der Waals surface area (Å²) < 4.78 is 0. The number of halogens is 1. The van der Waals surface area contributed by atoms with Crippen molar-refractivity contribution >= 4 is 17.5 Å². The fraction of sp³-hybridized carbons (Fsp3) is 0.889. The van der Waals surface area contributed by atoms with Gasteiger partial charge < -0.3 is 5.32 Å². The number of hydrogen-bond acceptors (Lipinski definition) is 1. The Bertz CT molecular complexity index is 172. The van der Waals surface area contributed by atoms with Crippen LogP contribution in [0.25, 0.3) is 0 Å². The van der Waals surface area contributed by atoms with Crippen LogP contribution in [0.5, 0.6) is 0 Å². The third kappa shape index (κ3) is 2.67. The number of carbonyl (C=O) groups is 1. The van der Waals surface area contributed by atoms with Crippen molar-refractivity contribution < 1.29 is 4.79 Å². The third-order valence-corrected chi connectivity index (χ3v) is 2.92. The summed E-state index contributed by atoms with van der Waals surface area (Å²) in [6.45, 7) is 3.73. The summed E-state index contributed by atoms with van der Waals surface area (Å²) in [5, 5.41) is 3.19. The van der Waals surface area contributed by atoms with E-state index in [2.05, 4.69) is 12.2 Å². The zero-order valence-electron chi connectivity index (χ0n) is 7.64. The minimum absolute atomic E-state index is 0.0533. The molecule has 0 aromatic heterocycles. The molecular formula is C9H16ClNO. The van der Waals surface area contributed by atoms with Gasteiger partial charge in [-0.3, -0.25) is 4.79 Å². The SMILES string of the molecule is CC(=O)N[C@@H]1C[C@@H](Cl)CC[C@@H]1C. The maximum Gasteiger partial charge on any atom is 0.217 e. The van der Waals surface area contributed by atoms with Gasteiger partial charge in [0.15, 0.2) is 0 Å². The first-order valence-electron chi connectivity index (χ1n) is 4.50. The third-order valence-electron chi connectivity index (χ3n) is 2.52. The first-order chi connectivity index (χ1) is 5.59. The molecule has 1 fully saturated rings. The number of hydrogen-bond donors (Lipinski definition) is 1. The molecule has 1 N–H and O–H groups in total. The first kappa shape index (κ1) is 9.85. The summed E-state index contributed by atoms with van der Waals surface area (Å²) in [5.41, 5.74) is 0. The number of carbonyl (C=O) groups excluding carboxylic acids is 1. The van der Waals surface area contributed by atoms with Crippen molar-refractivity contribution in [3.8, 4) is 0 Å². The molecule has 12 heavy (non-hydrogen) atoms. The van der Waals surface area contributed by atoms with Gasteiger partial charge in [0.1, 0.15) is 0 Å². The molecule has 0 spiro atoms. The molecule has 3 heteroatoms. The van der Waals surface area contributed by atoms with Gasteiger partial charge in [-0.05, 0) is 25.2 Å². The van der Waals surface area contributed by atoms with E-state index in [0.717, 1.165) is 19.3 Å². The van der Waals surface area contributed by atoms with Crippen molar-refractivity contribution in [1.29, 1.82) is 0 Å². The normalized spacial score (nSPS) is 36.1. The fourth-order valence-corrected chi connectivity index (χ4v) is 2.05. The van der Waals surface area contributed by atoms with Crippen molar-refractivity contribution in [2.75, 3.05) is 0 Å². The minimum Gasteiger partial charge on any atom is -0.353 e. The molecule has 0 radical (unpaired) electrons. The Hall–Kier alpha value is -0.240. The average molecular weight is 190 g/mol. The topological polar surface area (TPSA) is 29.1 Å². The van der Waals surface area contributed by atoms with Gasteiger partial charge in [0.2, 0.25) is 5.91 Å². The predicted octanol–water partition coefficient (Wildman–Crippen LogP) is 1.92. The molecule has 0 saturated heterocycles. The van der Waals surface area contributed by atoms with Crippen LogP contribution in [0.4, 0.5) is 0 Å². The second-order valence-electron chi connectivity index (χ2n) is 3.69. The molecule has 0 aromatic rings. The molecule has 70 valence electrons. The Morgan fingerprint density at radius 2 is 2.17 bits per heavy atom. The zero-order chi connectivity index (χ0) is 9.14. The summed E-state index contributed by atoms with van der Waals surface area (Å²) >= 11 is 6.01. The van der Waals surface area contributed by atoms with Crippen LogP contribution in [0.2, 0.25) is 0 Å². The van der Waals surface area contributed by atoms with E-state index in [4.69, 9.17) is 11.6 Å². The van der Waals surface area contributed by atoms with Gasteiger partial charge in [-0.2, -0.15) is 0 Å². The standard InChI is InChI=1S/C9H16ClNO/c1-6-3-4-8(10)5-9(6)11-7(2)12/h6,8-9H,3-5H2,1-2H3,(H,11,12)/t6-,8-,9+/m0/s1. The van der Waals surface area contributed by atoms with Crippen LogP contribution in [0.1, 0.15) is 33.1 Å². The van der Waals surface area contributed by atoms with E-state index in [0.29, 0.717) is 12.0 Å². The lowest BCUT2D eigenvalue weighted by molar-refractivity contribution is -0.120. The van der Waals surface area contributed by atoms with E-state index in [1.54, 1.807) is 6.92 Å². The Kier molecular flexibility index (Phi) is 3.39.